The Morgan fingerprint density at radius 1 is 1.33 bits per heavy atom. The van der Waals surface area contributed by atoms with Gasteiger partial charge in [-0.3, -0.25) is 4.90 Å². The first-order valence-corrected chi connectivity index (χ1v) is 6.68. The monoisotopic (exact) mass is 212 g/mol. The van der Waals surface area contributed by atoms with E-state index in [1.54, 1.807) is 0 Å². The summed E-state index contributed by atoms with van der Waals surface area (Å²) >= 11 is 0. The van der Waals surface area contributed by atoms with Gasteiger partial charge in [-0.1, -0.05) is 13.8 Å². The summed E-state index contributed by atoms with van der Waals surface area (Å²) in [5.74, 6) is 0. The second-order valence-electron chi connectivity index (χ2n) is 4.99. The van der Waals surface area contributed by atoms with Crippen molar-refractivity contribution < 1.29 is 0 Å². The van der Waals surface area contributed by atoms with E-state index in [4.69, 9.17) is 0 Å². The molecule has 1 fully saturated rings. The maximum atomic E-state index is 3.58. The molecule has 0 bridgehead atoms. The fourth-order valence-electron chi connectivity index (χ4n) is 2.55. The SMILES string of the molecule is CCC(C)NCCN1C(C)CCC1CC. The Balaban J connectivity index is 2.24. The first kappa shape index (κ1) is 13.0. The number of likely N-dealkylation sites (tertiary alicyclic amines) is 1. The summed E-state index contributed by atoms with van der Waals surface area (Å²) in [7, 11) is 0. The molecule has 2 heteroatoms. The maximum absolute atomic E-state index is 3.58. The lowest BCUT2D eigenvalue weighted by Gasteiger charge is -2.28. The molecule has 3 unspecified atom stereocenters. The lowest BCUT2D eigenvalue weighted by atomic mass is 10.1. The van der Waals surface area contributed by atoms with Crippen molar-refractivity contribution in [2.24, 2.45) is 0 Å². The lowest BCUT2D eigenvalue weighted by Crippen LogP contribution is -2.41. The Kier molecular flexibility index (Phi) is 5.62. The molecule has 0 radical (unpaired) electrons. The van der Waals surface area contributed by atoms with Crippen LogP contribution < -0.4 is 5.32 Å². The van der Waals surface area contributed by atoms with Crippen molar-refractivity contribution in [3.8, 4) is 0 Å². The van der Waals surface area contributed by atoms with Gasteiger partial charge in [-0.2, -0.15) is 0 Å². The van der Waals surface area contributed by atoms with Gasteiger partial charge in [0.1, 0.15) is 0 Å². The highest BCUT2D eigenvalue weighted by atomic mass is 15.2. The molecule has 2 nitrogen and oxygen atoms in total. The summed E-state index contributed by atoms with van der Waals surface area (Å²) in [6, 6.07) is 2.32. The van der Waals surface area contributed by atoms with Crippen LogP contribution in [0.4, 0.5) is 0 Å². The van der Waals surface area contributed by atoms with Crippen LogP contribution >= 0.6 is 0 Å². The highest BCUT2D eigenvalue weighted by molar-refractivity contribution is 4.84. The molecule has 0 aliphatic carbocycles. The van der Waals surface area contributed by atoms with Crippen molar-refractivity contribution in [3.63, 3.8) is 0 Å². The molecule has 1 heterocycles. The van der Waals surface area contributed by atoms with Crippen LogP contribution in [0, 0.1) is 0 Å². The summed E-state index contributed by atoms with van der Waals surface area (Å²) in [6.45, 7) is 11.6. The molecule has 0 aromatic carbocycles. The van der Waals surface area contributed by atoms with Crippen molar-refractivity contribution in [1.29, 1.82) is 0 Å². The Bertz CT molecular complexity index is 170. The minimum atomic E-state index is 0.669. The zero-order chi connectivity index (χ0) is 11.3. The highest BCUT2D eigenvalue weighted by Crippen LogP contribution is 2.24. The minimum absolute atomic E-state index is 0.669. The molecule has 1 rings (SSSR count). The van der Waals surface area contributed by atoms with Crippen molar-refractivity contribution >= 4 is 0 Å². The van der Waals surface area contributed by atoms with Gasteiger partial charge in [-0.25, -0.2) is 0 Å². The first-order chi connectivity index (χ1) is 7.19. The van der Waals surface area contributed by atoms with Crippen molar-refractivity contribution in [2.45, 2.75) is 71.5 Å². The highest BCUT2D eigenvalue weighted by Gasteiger charge is 2.28. The Labute approximate surface area is 95.4 Å². The third kappa shape index (κ3) is 3.76. The zero-order valence-corrected chi connectivity index (χ0v) is 10.9. The van der Waals surface area contributed by atoms with Crippen LogP contribution in [-0.4, -0.2) is 36.1 Å². The summed E-state index contributed by atoms with van der Waals surface area (Å²) in [6.07, 6.45) is 5.34. The van der Waals surface area contributed by atoms with E-state index in [0.29, 0.717) is 6.04 Å². The molecule has 0 aromatic heterocycles. The van der Waals surface area contributed by atoms with Gasteiger partial charge < -0.3 is 5.32 Å². The van der Waals surface area contributed by atoms with E-state index in [2.05, 4.69) is 37.9 Å². The quantitative estimate of drug-likeness (QED) is 0.728. The van der Waals surface area contributed by atoms with Crippen LogP contribution in [0.25, 0.3) is 0 Å². The van der Waals surface area contributed by atoms with E-state index < -0.39 is 0 Å². The zero-order valence-electron chi connectivity index (χ0n) is 10.9. The third-order valence-electron chi connectivity index (χ3n) is 3.90. The van der Waals surface area contributed by atoms with E-state index in [1.165, 1.54) is 32.2 Å². The van der Waals surface area contributed by atoms with Gasteiger partial charge >= 0.3 is 0 Å². The average Bonchev–Trinajstić information content (AvgIpc) is 2.60. The second kappa shape index (κ2) is 6.49. The van der Waals surface area contributed by atoms with Gasteiger partial charge in [-0.15, -0.1) is 0 Å². The molecule has 1 aliphatic rings. The van der Waals surface area contributed by atoms with Crippen molar-refractivity contribution in [3.05, 3.63) is 0 Å². The molecule has 0 saturated carbocycles. The predicted octanol–water partition coefficient (Wildman–Crippen LogP) is 2.64. The molecule has 0 spiro atoms. The number of hydrogen-bond donors (Lipinski definition) is 1. The van der Waals surface area contributed by atoms with E-state index >= 15 is 0 Å². The first-order valence-electron chi connectivity index (χ1n) is 6.68. The largest absolute Gasteiger partial charge is 0.313 e. The van der Waals surface area contributed by atoms with Gasteiger partial charge in [-0.05, 0) is 39.5 Å². The van der Waals surface area contributed by atoms with Crippen LogP contribution in [0.3, 0.4) is 0 Å². The van der Waals surface area contributed by atoms with Crippen LogP contribution in [0.15, 0.2) is 0 Å². The maximum Gasteiger partial charge on any atom is 0.0113 e. The van der Waals surface area contributed by atoms with Crippen LogP contribution in [0.2, 0.25) is 0 Å². The second-order valence-corrected chi connectivity index (χ2v) is 4.99. The van der Waals surface area contributed by atoms with Gasteiger partial charge in [0.15, 0.2) is 0 Å². The summed E-state index contributed by atoms with van der Waals surface area (Å²) in [4.78, 5) is 2.69. The Morgan fingerprint density at radius 3 is 2.67 bits per heavy atom. The fourth-order valence-corrected chi connectivity index (χ4v) is 2.55. The molecule has 1 aliphatic heterocycles. The van der Waals surface area contributed by atoms with Crippen molar-refractivity contribution in [1.82, 2.24) is 10.2 Å². The molecular weight excluding hydrogens is 184 g/mol. The number of nitrogens with one attached hydrogen (secondary N) is 1. The fraction of sp³-hybridized carbons (Fsp3) is 1.00. The van der Waals surface area contributed by atoms with E-state index in [-0.39, 0.29) is 0 Å². The lowest BCUT2D eigenvalue weighted by molar-refractivity contribution is 0.197. The van der Waals surface area contributed by atoms with Crippen LogP contribution in [-0.2, 0) is 0 Å². The molecule has 1 saturated heterocycles. The topological polar surface area (TPSA) is 15.3 Å². The average molecular weight is 212 g/mol. The van der Waals surface area contributed by atoms with E-state index in [1.807, 2.05) is 0 Å². The number of rotatable bonds is 6. The smallest absolute Gasteiger partial charge is 0.0113 e. The summed E-state index contributed by atoms with van der Waals surface area (Å²) in [5, 5.41) is 3.58. The molecular formula is C13H28N2. The molecule has 3 atom stereocenters. The van der Waals surface area contributed by atoms with Crippen LogP contribution in [0.1, 0.15) is 53.4 Å². The Hall–Kier alpha value is -0.0800. The predicted molar refractivity (Wildman–Crippen MR) is 67.2 cm³/mol. The standard InChI is InChI=1S/C13H28N2/c1-5-11(3)14-9-10-15-12(4)7-8-13(15)6-2/h11-14H,5-10H2,1-4H3. The molecule has 1 N–H and O–H groups in total. The number of nitrogens with zero attached hydrogens (tertiary/aromatic N) is 1. The molecule has 15 heavy (non-hydrogen) atoms. The van der Waals surface area contributed by atoms with Gasteiger partial charge in [0, 0.05) is 31.2 Å². The molecule has 0 aromatic rings. The van der Waals surface area contributed by atoms with Gasteiger partial charge in [0.05, 0.1) is 0 Å². The van der Waals surface area contributed by atoms with Gasteiger partial charge in [0.2, 0.25) is 0 Å². The normalized spacial score (nSPS) is 29.6. The van der Waals surface area contributed by atoms with E-state index in [9.17, 15) is 0 Å². The van der Waals surface area contributed by atoms with Crippen molar-refractivity contribution in [2.75, 3.05) is 13.1 Å². The summed E-state index contributed by atoms with van der Waals surface area (Å²) < 4.78 is 0. The van der Waals surface area contributed by atoms with Crippen LogP contribution in [0.5, 0.6) is 0 Å². The van der Waals surface area contributed by atoms with Gasteiger partial charge in [0.25, 0.3) is 0 Å². The number of hydrogen-bond acceptors (Lipinski definition) is 2. The minimum Gasteiger partial charge on any atom is -0.313 e. The Morgan fingerprint density at radius 2 is 2.07 bits per heavy atom. The van der Waals surface area contributed by atoms with E-state index in [0.717, 1.165) is 18.6 Å². The summed E-state index contributed by atoms with van der Waals surface area (Å²) in [5.41, 5.74) is 0. The third-order valence-corrected chi connectivity index (χ3v) is 3.90. The molecule has 90 valence electrons. The molecule has 0 amide bonds.